The SMILES string of the molecule is CC(C)n1ncc2c(C(=O)N3CCn4c3nc3ccccc34)cc(-c3ccco3)nc21. The summed E-state index contributed by atoms with van der Waals surface area (Å²) in [6.07, 6.45) is 3.33. The highest BCUT2D eigenvalue weighted by Crippen LogP contribution is 2.32. The third-order valence-electron chi connectivity index (χ3n) is 5.73. The van der Waals surface area contributed by atoms with Crippen LogP contribution in [0.2, 0.25) is 0 Å². The molecule has 8 nitrogen and oxygen atoms in total. The van der Waals surface area contributed by atoms with Crippen molar-refractivity contribution in [3.8, 4) is 11.5 Å². The lowest BCUT2D eigenvalue weighted by atomic mass is 10.1. The average molecular weight is 412 g/mol. The molecule has 1 amide bonds. The summed E-state index contributed by atoms with van der Waals surface area (Å²) in [7, 11) is 0. The Morgan fingerprint density at radius 2 is 1.97 bits per heavy atom. The number of pyridine rings is 1. The lowest BCUT2D eigenvalue weighted by Gasteiger charge is -2.15. The molecule has 8 heteroatoms. The second kappa shape index (κ2) is 6.53. The average Bonchev–Trinajstić information content (AvgIpc) is 3.55. The summed E-state index contributed by atoms with van der Waals surface area (Å²) in [6.45, 7) is 5.37. The maximum absolute atomic E-state index is 13.8. The van der Waals surface area contributed by atoms with Crippen molar-refractivity contribution < 1.29 is 9.21 Å². The summed E-state index contributed by atoms with van der Waals surface area (Å²) in [6, 6.07) is 13.5. The number of carbonyl (C=O) groups excluding carboxylic acids is 1. The molecule has 0 unspecified atom stereocenters. The van der Waals surface area contributed by atoms with Crippen LogP contribution in [0, 0.1) is 0 Å². The summed E-state index contributed by atoms with van der Waals surface area (Å²) < 4.78 is 9.49. The molecule has 154 valence electrons. The smallest absolute Gasteiger partial charge is 0.261 e. The molecule has 0 saturated heterocycles. The second-order valence-electron chi connectivity index (χ2n) is 7.96. The van der Waals surface area contributed by atoms with Gasteiger partial charge in [0.1, 0.15) is 5.69 Å². The van der Waals surface area contributed by atoms with Crippen LogP contribution in [-0.2, 0) is 6.54 Å². The van der Waals surface area contributed by atoms with Crippen LogP contribution in [-0.4, -0.2) is 36.8 Å². The van der Waals surface area contributed by atoms with Crippen LogP contribution < -0.4 is 4.90 Å². The largest absolute Gasteiger partial charge is 0.463 e. The van der Waals surface area contributed by atoms with Gasteiger partial charge in [-0.15, -0.1) is 0 Å². The quantitative estimate of drug-likeness (QED) is 0.442. The van der Waals surface area contributed by atoms with E-state index in [-0.39, 0.29) is 11.9 Å². The van der Waals surface area contributed by atoms with E-state index in [4.69, 9.17) is 14.4 Å². The Hall–Kier alpha value is -3.94. The molecule has 0 fully saturated rings. The number of aromatic nitrogens is 5. The monoisotopic (exact) mass is 412 g/mol. The molecule has 1 aliphatic rings. The number of amides is 1. The van der Waals surface area contributed by atoms with E-state index in [1.807, 2.05) is 54.9 Å². The van der Waals surface area contributed by atoms with E-state index in [1.165, 1.54) is 0 Å². The highest BCUT2D eigenvalue weighted by molar-refractivity contribution is 6.14. The van der Waals surface area contributed by atoms with Gasteiger partial charge in [-0.25, -0.2) is 14.6 Å². The fourth-order valence-corrected chi connectivity index (χ4v) is 4.25. The Morgan fingerprint density at radius 3 is 2.77 bits per heavy atom. The Balaban J connectivity index is 1.52. The van der Waals surface area contributed by atoms with Crippen molar-refractivity contribution in [1.29, 1.82) is 0 Å². The molecule has 31 heavy (non-hydrogen) atoms. The van der Waals surface area contributed by atoms with E-state index < -0.39 is 0 Å². The van der Waals surface area contributed by atoms with Gasteiger partial charge in [-0.05, 0) is 44.2 Å². The highest BCUT2D eigenvalue weighted by atomic mass is 16.3. The van der Waals surface area contributed by atoms with E-state index in [2.05, 4.69) is 9.67 Å². The fourth-order valence-electron chi connectivity index (χ4n) is 4.25. The Labute approximate surface area is 177 Å². The molecule has 0 aliphatic carbocycles. The molecule has 5 aromatic rings. The number of nitrogens with zero attached hydrogens (tertiary/aromatic N) is 6. The van der Waals surface area contributed by atoms with Crippen molar-refractivity contribution in [2.75, 3.05) is 11.4 Å². The first-order valence-electron chi connectivity index (χ1n) is 10.3. The van der Waals surface area contributed by atoms with Crippen LogP contribution in [0.4, 0.5) is 5.95 Å². The molecule has 1 aromatic carbocycles. The van der Waals surface area contributed by atoms with Crippen LogP contribution in [0.5, 0.6) is 0 Å². The molecule has 1 aliphatic heterocycles. The van der Waals surface area contributed by atoms with E-state index >= 15 is 0 Å². The number of hydrogen-bond donors (Lipinski definition) is 0. The lowest BCUT2D eigenvalue weighted by molar-refractivity contribution is 0.0990. The maximum Gasteiger partial charge on any atom is 0.261 e. The third kappa shape index (κ3) is 2.61. The number of fused-ring (bicyclic) bond motifs is 4. The third-order valence-corrected chi connectivity index (χ3v) is 5.73. The molecule has 0 bridgehead atoms. The minimum Gasteiger partial charge on any atom is -0.463 e. The fraction of sp³-hybridized carbons (Fsp3) is 0.217. The van der Waals surface area contributed by atoms with Crippen molar-refractivity contribution in [3.63, 3.8) is 0 Å². The lowest BCUT2D eigenvalue weighted by Crippen LogP contribution is -2.29. The number of carbonyl (C=O) groups is 1. The predicted molar refractivity (Wildman–Crippen MR) is 117 cm³/mol. The molecular formula is C23H20N6O2. The van der Waals surface area contributed by atoms with Crippen molar-refractivity contribution in [1.82, 2.24) is 24.3 Å². The van der Waals surface area contributed by atoms with Crippen LogP contribution >= 0.6 is 0 Å². The van der Waals surface area contributed by atoms with Gasteiger partial charge < -0.3 is 8.98 Å². The molecule has 0 saturated carbocycles. The standard InChI is InChI=1S/C23H20N6O2/c1-14(2)29-21-16(13-24-29)15(12-18(25-21)20-8-5-11-31-20)22(30)28-10-9-27-19-7-4-3-6-17(19)26-23(27)28/h3-8,11-14H,9-10H2,1-2H3. The Morgan fingerprint density at radius 1 is 1.10 bits per heavy atom. The van der Waals surface area contributed by atoms with Gasteiger partial charge in [0.05, 0.1) is 34.4 Å². The molecular weight excluding hydrogens is 392 g/mol. The van der Waals surface area contributed by atoms with Gasteiger partial charge in [0.25, 0.3) is 5.91 Å². The van der Waals surface area contributed by atoms with Gasteiger partial charge in [0.2, 0.25) is 5.95 Å². The topological polar surface area (TPSA) is 82.0 Å². The van der Waals surface area contributed by atoms with Gasteiger partial charge in [-0.1, -0.05) is 12.1 Å². The van der Waals surface area contributed by atoms with Crippen LogP contribution in [0.3, 0.4) is 0 Å². The van der Waals surface area contributed by atoms with Crippen molar-refractivity contribution in [3.05, 3.63) is 60.5 Å². The molecule has 0 radical (unpaired) electrons. The summed E-state index contributed by atoms with van der Waals surface area (Å²) in [5.74, 6) is 1.17. The zero-order chi connectivity index (χ0) is 21.1. The van der Waals surface area contributed by atoms with Gasteiger partial charge in [-0.2, -0.15) is 5.10 Å². The van der Waals surface area contributed by atoms with Gasteiger partial charge in [0, 0.05) is 19.1 Å². The Kier molecular flexibility index (Phi) is 3.77. The molecule has 0 atom stereocenters. The minimum atomic E-state index is -0.113. The molecule has 4 aromatic heterocycles. The van der Waals surface area contributed by atoms with Crippen LogP contribution in [0.15, 0.2) is 59.3 Å². The first-order chi connectivity index (χ1) is 15.1. The summed E-state index contributed by atoms with van der Waals surface area (Å²) in [5.41, 5.74) is 3.75. The summed E-state index contributed by atoms with van der Waals surface area (Å²) >= 11 is 0. The number of anilines is 1. The van der Waals surface area contributed by atoms with E-state index in [9.17, 15) is 4.79 Å². The van der Waals surface area contributed by atoms with E-state index in [1.54, 1.807) is 23.4 Å². The second-order valence-corrected chi connectivity index (χ2v) is 7.96. The number of rotatable bonds is 3. The van der Waals surface area contributed by atoms with Crippen molar-refractivity contribution in [2.24, 2.45) is 0 Å². The molecule has 5 heterocycles. The van der Waals surface area contributed by atoms with E-state index in [0.29, 0.717) is 41.7 Å². The zero-order valence-electron chi connectivity index (χ0n) is 17.2. The first kappa shape index (κ1) is 17.9. The van der Waals surface area contributed by atoms with Crippen molar-refractivity contribution >= 4 is 33.9 Å². The van der Waals surface area contributed by atoms with Gasteiger partial charge in [-0.3, -0.25) is 9.69 Å². The predicted octanol–water partition coefficient (Wildman–Crippen LogP) is 4.28. The number of benzene rings is 1. The maximum atomic E-state index is 13.8. The highest BCUT2D eigenvalue weighted by Gasteiger charge is 2.31. The zero-order valence-corrected chi connectivity index (χ0v) is 17.2. The summed E-state index contributed by atoms with van der Waals surface area (Å²) in [5, 5.41) is 5.22. The molecule has 6 rings (SSSR count). The summed E-state index contributed by atoms with van der Waals surface area (Å²) in [4.78, 5) is 25.0. The molecule has 0 N–H and O–H groups in total. The number of imidazole rings is 1. The van der Waals surface area contributed by atoms with Crippen LogP contribution in [0.25, 0.3) is 33.5 Å². The number of furan rings is 1. The van der Waals surface area contributed by atoms with Crippen molar-refractivity contribution in [2.45, 2.75) is 26.4 Å². The normalized spacial score (nSPS) is 13.6. The molecule has 0 spiro atoms. The van der Waals surface area contributed by atoms with Gasteiger partial charge in [0.15, 0.2) is 11.4 Å². The minimum absolute atomic E-state index is 0.107. The van der Waals surface area contributed by atoms with Crippen LogP contribution in [0.1, 0.15) is 30.2 Å². The van der Waals surface area contributed by atoms with Gasteiger partial charge >= 0.3 is 0 Å². The Bertz CT molecular complexity index is 1440. The van der Waals surface area contributed by atoms with E-state index in [0.717, 1.165) is 16.4 Å². The number of hydrogen-bond acceptors (Lipinski definition) is 5. The number of para-hydroxylation sites is 2. The first-order valence-corrected chi connectivity index (χ1v) is 10.3.